The number of nitrogens with one attached hydrogen (secondary N) is 3. The van der Waals surface area contributed by atoms with Gasteiger partial charge in [0.25, 0.3) is 0 Å². The van der Waals surface area contributed by atoms with E-state index >= 15 is 0 Å². The normalized spacial score (nSPS) is 16.6. The van der Waals surface area contributed by atoms with Crippen molar-refractivity contribution in [1.82, 2.24) is 16.0 Å². The zero-order chi connectivity index (χ0) is 7.40. The van der Waals surface area contributed by atoms with Crippen molar-refractivity contribution in [2.24, 2.45) is 0 Å². The van der Waals surface area contributed by atoms with Crippen LogP contribution in [0, 0.1) is 0 Å². The van der Waals surface area contributed by atoms with Gasteiger partial charge in [0.2, 0.25) is 0 Å². The average Bonchev–Trinajstić information content (AvgIpc) is 2.04. The molecule has 1 aliphatic rings. The zero-order valence-corrected chi connectivity index (χ0v) is 6.36. The molecule has 0 aromatic heterocycles. The Labute approximate surface area is 61.2 Å². The van der Waals surface area contributed by atoms with Gasteiger partial charge in [-0.15, -0.1) is 0 Å². The van der Waals surface area contributed by atoms with Gasteiger partial charge in [0.05, 0.1) is 17.9 Å². The van der Waals surface area contributed by atoms with Crippen LogP contribution in [0.15, 0.2) is 23.7 Å². The van der Waals surface area contributed by atoms with Crippen molar-refractivity contribution in [1.29, 1.82) is 0 Å². The topological polar surface area (TPSA) is 36.1 Å². The van der Waals surface area contributed by atoms with Gasteiger partial charge >= 0.3 is 0 Å². The van der Waals surface area contributed by atoms with Gasteiger partial charge < -0.3 is 16.0 Å². The van der Waals surface area contributed by atoms with E-state index in [4.69, 9.17) is 0 Å². The molecule has 0 aliphatic carbocycles. The van der Waals surface area contributed by atoms with Crippen molar-refractivity contribution in [2.45, 2.75) is 0 Å². The van der Waals surface area contributed by atoms with Crippen LogP contribution in [0.1, 0.15) is 0 Å². The second-order valence-electron chi connectivity index (χ2n) is 2.11. The number of dihydropyridines is 1. The first-order chi connectivity index (χ1) is 4.88. The minimum Gasteiger partial charge on any atom is -0.388 e. The third-order valence-electron chi connectivity index (χ3n) is 1.54. The summed E-state index contributed by atoms with van der Waals surface area (Å²) in [5, 5.41) is 9.31. The fourth-order valence-corrected chi connectivity index (χ4v) is 0.956. The highest BCUT2D eigenvalue weighted by molar-refractivity contribution is 5.26. The number of allylic oxidation sites excluding steroid dienone is 1. The molecule has 56 valence electrons. The molecule has 0 bridgehead atoms. The molecule has 0 saturated heterocycles. The molecule has 1 heterocycles. The van der Waals surface area contributed by atoms with Crippen molar-refractivity contribution in [2.75, 3.05) is 20.6 Å². The van der Waals surface area contributed by atoms with E-state index in [0.717, 1.165) is 12.2 Å². The number of hydrogen-bond acceptors (Lipinski definition) is 3. The summed E-state index contributed by atoms with van der Waals surface area (Å²) in [6, 6.07) is 0. The highest BCUT2D eigenvalue weighted by atomic mass is 15.0. The van der Waals surface area contributed by atoms with E-state index in [-0.39, 0.29) is 0 Å². The summed E-state index contributed by atoms with van der Waals surface area (Å²) in [5.74, 6) is 0. The average molecular weight is 139 g/mol. The molecule has 3 heteroatoms. The highest BCUT2D eigenvalue weighted by Crippen LogP contribution is 2.01. The Morgan fingerprint density at radius 3 is 2.70 bits per heavy atom. The lowest BCUT2D eigenvalue weighted by molar-refractivity contribution is 0.785. The van der Waals surface area contributed by atoms with Gasteiger partial charge in [-0.05, 0) is 12.3 Å². The summed E-state index contributed by atoms with van der Waals surface area (Å²) in [7, 11) is 3.84. The standard InChI is InChI=1S/C7H13N3/c1-8-6-3-4-10-5-7(6)9-2/h3-4,8-10H,5H2,1-2H3. The van der Waals surface area contributed by atoms with Crippen LogP contribution < -0.4 is 16.0 Å². The lowest BCUT2D eigenvalue weighted by atomic mass is 10.2. The Bertz CT molecular complexity index is 170. The molecule has 0 atom stereocenters. The quantitative estimate of drug-likeness (QED) is 0.494. The summed E-state index contributed by atoms with van der Waals surface area (Å²) >= 11 is 0. The van der Waals surface area contributed by atoms with E-state index in [1.54, 1.807) is 0 Å². The lowest BCUT2D eigenvalue weighted by Gasteiger charge is -2.15. The Hall–Kier alpha value is -1.12. The fourth-order valence-electron chi connectivity index (χ4n) is 0.956. The minimum atomic E-state index is 0.878. The first-order valence-corrected chi connectivity index (χ1v) is 3.37. The van der Waals surface area contributed by atoms with Crippen LogP contribution in [0.2, 0.25) is 0 Å². The van der Waals surface area contributed by atoms with E-state index in [2.05, 4.69) is 16.0 Å². The largest absolute Gasteiger partial charge is 0.388 e. The smallest absolute Gasteiger partial charge is 0.0563 e. The van der Waals surface area contributed by atoms with Crippen LogP contribution in [0.3, 0.4) is 0 Å². The van der Waals surface area contributed by atoms with Crippen LogP contribution in [0.4, 0.5) is 0 Å². The van der Waals surface area contributed by atoms with Gasteiger partial charge in [0.15, 0.2) is 0 Å². The lowest BCUT2D eigenvalue weighted by Crippen LogP contribution is -2.27. The van der Waals surface area contributed by atoms with Crippen molar-refractivity contribution >= 4 is 0 Å². The molecular weight excluding hydrogens is 126 g/mol. The third kappa shape index (κ3) is 1.23. The Morgan fingerprint density at radius 2 is 2.20 bits per heavy atom. The van der Waals surface area contributed by atoms with E-state index in [9.17, 15) is 0 Å². The summed E-state index contributed by atoms with van der Waals surface area (Å²) in [5.41, 5.74) is 2.35. The third-order valence-corrected chi connectivity index (χ3v) is 1.54. The molecule has 0 aromatic carbocycles. The van der Waals surface area contributed by atoms with Crippen LogP contribution in [-0.4, -0.2) is 20.6 Å². The summed E-state index contributed by atoms with van der Waals surface area (Å²) < 4.78 is 0. The van der Waals surface area contributed by atoms with Crippen molar-refractivity contribution < 1.29 is 0 Å². The highest BCUT2D eigenvalue weighted by Gasteiger charge is 2.02. The fraction of sp³-hybridized carbons (Fsp3) is 0.429. The van der Waals surface area contributed by atoms with Gasteiger partial charge in [0.1, 0.15) is 0 Å². The maximum atomic E-state index is 3.11. The summed E-state index contributed by atoms with van der Waals surface area (Å²) in [6.07, 6.45) is 3.95. The van der Waals surface area contributed by atoms with Gasteiger partial charge in [-0.1, -0.05) is 0 Å². The van der Waals surface area contributed by atoms with Gasteiger partial charge in [-0.25, -0.2) is 0 Å². The first kappa shape index (κ1) is 6.99. The molecule has 1 rings (SSSR count). The number of hydrogen-bond donors (Lipinski definition) is 3. The maximum absolute atomic E-state index is 3.11. The number of rotatable bonds is 2. The van der Waals surface area contributed by atoms with E-state index < -0.39 is 0 Å². The molecule has 1 aliphatic heterocycles. The zero-order valence-electron chi connectivity index (χ0n) is 6.36. The predicted octanol–water partition coefficient (Wildman–Crippen LogP) is -0.246. The monoisotopic (exact) mass is 139 g/mol. The molecule has 3 N–H and O–H groups in total. The molecule has 0 fully saturated rings. The van der Waals surface area contributed by atoms with Crippen molar-refractivity contribution in [3.8, 4) is 0 Å². The van der Waals surface area contributed by atoms with Crippen LogP contribution in [-0.2, 0) is 0 Å². The molecule has 0 aromatic rings. The van der Waals surface area contributed by atoms with E-state index in [0.29, 0.717) is 0 Å². The van der Waals surface area contributed by atoms with Crippen LogP contribution >= 0.6 is 0 Å². The Kier molecular flexibility index (Phi) is 2.20. The minimum absolute atomic E-state index is 0.878. The van der Waals surface area contributed by atoms with Crippen LogP contribution in [0.5, 0.6) is 0 Å². The molecular formula is C7H13N3. The Morgan fingerprint density at radius 1 is 1.40 bits per heavy atom. The molecule has 0 amide bonds. The molecule has 0 unspecified atom stereocenters. The molecule has 10 heavy (non-hydrogen) atoms. The van der Waals surface area contributed by atoms with Gasteiger partial charge in [-0.2, -0.15) is 0 Å². The van der Waals surface area contributed by atoms with Crippen LogP contribution in [0.25, 0.3) is 0 Å². The summed E-state index contributed by atoms with van der Waals surface area (Å²) in [4.78, 5) is 0. The molecule has 0 radical (unpaired) electrons. The second kappa shape index (κ2) is 3.15. The first-order valence-electron chi connectivity index (χ1n) is 3.37. The van der Waals surface area contributed by atoms with E-state index in [1.165, 1.54) is 5.70 Å². The maximum Gasteiger partial charge on any atom is 0.0563 e. The second-order valence-corrected chi connectivity index (χ2v) is 2.11. The van der Waals surface area contributed by atoms with E-state index in [1.807, 2.05) is 26.4 Å². The molecule has 0 spiro atoms. The van der Waals surface area contributed by atoms with Gasteiger partial charge in [-0.3, -0.25) is 0 Å². The van der Waals surface area contributed by atoms with Gasteiger partial charge in [0, 0.05) is 14.1 Å². The predicted molar refractivity (Wildman–Crippen MR) is 42.3 cm³/mol. The van der Waals surface area contributed by atoms with Crippen molar-refractivity contribution in [3.05, 3.63) is 23.7 Å². The number of likely N-dealkylation sites (N-methyl/N-ethyl adjacent to an activating group) is 2. The molecule has 0 saturated carbocycles. The SMILES string of the molecule is CNC1=C(NC)CNC=C1. The summed E-state index contributed by atoms with van der Waals surface area (Å²) in [6.45, 7) is 0.878. The van der Waals surface area contributed by atoms with Crippen molar-refractivity contribution in [3.63, 3.8) is 0 Å². The molecule has 3 nitrogen and oxygen atoms in total. The Balaban J connectivity index is 2.73.